The Kier molecular flexibility index (Phi) is 3.97. The lowest BCUT2D eigenvalue weighted by Crippen LogP contribution is -2.11. The van der Waals surface area contributed by atoms with Gasteiger partial charge in [0.2, 0.25) is 0 Å². The predicted molar refractivity (Wildman–Crippen MR) is 98.1 cm³/mol. The molecule has 0 unspecified atom stereocenters. The highest BCUT2D eigenvalue weighted by atomic mass is 35.5. The molecule has 0 amide bonds. The van der Waals surface area contributed by atoms with Crippen molar-refractivity contribution in [3.8, 4) is 5.75 Å². The van der Waals surface area contributed by atoms with Gasteiger partial charge < -0.3 is 9.30 Å². The molecule has 1 aliphatic carbocycles. The maximum absolute atomic E-state index is 6.22. The molecule has 2 aromatic carbocycles. The van der Waals surface area contributed by atoms with Crippen LogP contribution in [-0.4, -0.2) is 16.2 Å². The van der Waals surface area contributed by atoms with Crippen LogP contribution in [0.2, 0.25) is 5.02 Å². The number of rotatable bonds is 5. The number of benzene rings is 2. The second-order valence-electron chi connectivity index (χ2n) is 6.60. The van der Waals surface area contributed by atoms with E-state index in [2.05, 4.69) is 22.8 Å². The average Bonchev–Trinajstić information content (AvgIpc) is 3.35. The molecule has 0 aliphatic heterocycles. The van der Waals surface area contributed by atoms with Crippen molar-refractivity contribution in [1.29, 1.82) is 0 Å². The number of ether oxygens (including phenoxy) is 1. The molecular formula is C20H21ClN2O. The Morgan fingerprint density at radius 2 is 1.88 bits per heavy atom. The van der Waals surface area contributed by atoms with E-state index in [-0.39, 0.29) is 0 Å². The molecule has 4 heteroatoms. The number of para-hydroxylation sites is 2. The van der Waals surface area contributed by atoms with E-state index in [9.17, 15) is 0 Å². The van der Waals surface area contributed by atoms with Crippen LogP contribution in [0.25, 0.3) is 11.0 Å². The van der Waals surface area contributed by atoms with Gasteiger partial charge in [-0.2, -0.15) is 0 Å². The summed E-state index contributed by atoms with van der Waals surface area (Å²) in [5.41, 5.74) is 4.39. The molecule has 0 saturated heterocycles. The molecule has 3 aromatic rings. The molecule has 1 saturated carbocycles. The molecule has 0 N–H and O–H groups in total. The molecule has 0 radical (unpaired) electrons. The molecular weight excluding hydrogens is 320 g/mol. The minimum absolute atomic E-state index is 0.623. The predicted octanol–water partition coefficient (Wildman–Crippen LogP) is 5.26. The summed E-state index contributed by atoms with van der Waals surface area (Å²) < 4.78 is 8.31. The van der Waals surface area contributed by atoms with Crippen molar-refractivity contribution in [3.63, 3.8) is 0 Å². The molecule has 0 spiro atoms. The Morgan fingerprint density at radius 1 is 1.17 bits per heavy atom. The summed E-state index contributed by atoms with van der Waals surface area (Å²) in [6.07, 6.45) is 2.50. The van der Waals surface area contributed by atoms with Crippen LogP contribution in [0.15, 0.2) is 36.4 Å². The molecule has 1 aromatic heterocycles. The van der Waals surface area contributed by atoms with Gasteiger partial charge in [0.05, 0.1) is 17.6 Å². The fourth-order valence-electron chi connectivity index (χ4n) is 3.23. The molecule has 24 heavy (non-hydrogen) atoms. The standard InChI is InChI=1S/C20H21ClN2O/c1-13-11-16(12-14(2)19(13)21)24-10-9-23-18-6-4-3-5-17(18)22-20(23)15-7-8-15/h3-6,11-12,15H,7-10H2,1-2H3. The number of hydrogen-bond acceptors (Lipinski definition) is 2. The van der Waals surface area contributed by atoms with Crippen LogP contribution in [0.1, 0.15) is 35.7 Å². The summed E-state index contributed by atoms with van der Waals surface area (Å²) in [7, 11) is 0. The van der Waals surface area contributed by atoms with Crippen molar-refractivity contribution in [3.05, 3.63) is 58.4 Å². The fourth-order valence-corrected chi connectivity index (χ4v) is 3.34. The SMILES string of the molecule is Cc1cc(OCCn2c(C3CC3)nc3ccccc32)cc(C)c1Cl. The van der Waals surface area contributed by atoms with Crippen LogP contribution in [0, 0.1) is 13.8 Å². The number of fused-ring (bicyclic) bond motifs is 1. The van der Waals surface area contributed by atoms with Gasteiger partial charge in [-0.3, -0.25) is 0 Å². The summed E-state index contributed by atoms with van der Waals surface area (Å²) in [6.45, 7) is 5.46. The Labute approximate surface area is 147 Å². The molecule has 1 fully saturated rings. The normalized spacial score (nSPS) is 14.3. The number of imidazole rings is 1. The van der Waals surface area contributed by atoms with E-state index < -0.39 is 0 Å². The van der Waals surface area contributed by atoms with E-state index in [4.69, 9.17) is 21.3 Å². The minimum atomic E-state index is 0.623. The second-order valence-corrected chi connectivity index (χ2v) is 6.98. The van der Waals surface area contributed by atoms with Crippen LogP contribution in [0.5, 0.6) is 5.75 Å². The third kappa shape index (κ3) is 2.89. The van der Waals surface area contributed by atoms with Gasteiger partial charge in [-0.15, -0.1) is 0 Å². The first-order valence-corrected chi connectivity index (χ1v) is 8.86. The Morgan fingerprint density at radius 3 is 2.58 bits per heavy atom. The Hall–Kier alpha value is -2.00. The van der Waals surface area contributed by atoms with Crippen molar-refractivity contribution in [2.45, 2.75) is 39.2 Å². The van der Waals surface area contributed by atoms with E-state index in [1.807, 2.05) is 32.0 Å². The average molecular weight is 341 g/mol. The van der Waals surface area contributed by atoms with Crippen LogP contribution in [0.4, 0.5) is 0 Å². The largest absolute Gasteiger partial charge is 0.492 e. The van der Waals surface area contributed by atoms with E-state index in [1.165, 1.54) is 24.2 Å². The lowest BCUT2D eigenvalue weighted by atomic mass is 10.1. The van der Waals surface area contributed by atoms with Gasteiger partial charge in [0.15, 0.2) is 0 Å². The summed E-state index contributed by atoms with van der Waals surface area (Å²) >= 11 is 6.22. The van der Waals surface area contributed by atoms with Crippen molar-refractivity contribution in [2.24, 2.45) is 0 Å². The first-order valence-electron chi connectivity index (χ1n) is 8.48. The zero-order valence-electron chi connectivity index (χ0n) is 14.1. The van der Waals surface area contributed by atoms with Gasteiger partial charge in [0.1, 0.15) is 18.2 Å². The van der Waals surface area contributed by atoms with E-state index in [0.717, 1.165) is 34.0 Å². The topological polar surface area (TPSA) is 27.1 Å². The summed E-state index contributed by atoms with van der Waals surface area (Å²) in [5, 5.41) is 0.818. The Bertz CT molecular complexity index is 873. The molecule has 3 nitrogen and oxygen atoms in total. The zero-order valence-corrected chi connectivity index (χ0v) is 14.8. The van der Waals surface area contributed by atoms with Crippen LogP contribution < -0.4 is 4.74 Å². The van der Waals surface area contributed by atoms with E-state index >= 15 is 0 Å². The third-order valence-electron chi connectivity index (χ3n) is 4.62. The lowest BCUT2D eigenvalue weighted by Gasteiger charge is -2.12. The number of aromatic nitrogens is 2. The van der Waals surface area contributed by atoms with Crippen molar-refractivity contribution in [1.82, 2.24) is 9.55 Å². The fraction of sp³-hybridized carbons (Fsp3) is 0.350. The van der Waals surface area contributed by atoms with Crippen LogP contribution >= 0.6 is 11.6 Å². The van der Waals surface area contributed by atoms with Gasteiger partial charge in [0.25, 0.3) is 0 Å². The smallest absolute Gasteiger partial charge is 0.120 e. The van der Waals surface area contributed by atoms with Gasteiger partial charge in [-0.1, -0.05) is 23.7 Å². The quantitative estimate of drug-likeness (QED) is 0.633. The highest BCUT2D eigenvalue weighted by molar-refractivity contribution is 6.32. The van der Waals surface area contributed by atoms with Gasteiger partial charge in [-0.25, -0.2) is 4.98 Å². The molecule has 1 heterocycles. The maximum Gasteiger partial charge on any atom is 0.120 e. The molecule has 1 aliphatic rings. The Balaban J connectivity index is 1.54. The molecule has 4 rings (SSSR count). The highest BCUT2D eigenvalue weighted by Crippen LogP contribution is 2.40. The van der Waals surface area contributed by atoms with Crippen LogP contribution in [0.3, 0.4) is 0 Å². The van der Waals surface area contributed by atoms with Crippen molar-refractivity contribution < 1.29 is 4.74 Å². The number of aryl methyl sites for hydroxylation is 2. The lowest BCUT2D eigenvalue weighted by molar-refractivity contribution is 0.298. The minimum Gasteiger partial charge on any atom is -0.492 e. The van der Waals surface area contributed by atoms with Gasteiger partial charge in [-0.05, 0) is 62.1 Å². The molecule has 0 bridgehead atoms. The summed E-state index contributed by atoms with van der Waals surface area (Å²) in [5.74, 6) is 2.72. The monoisotopic (exact) mass is 340 g/mol. The summed E-state index contributed by atoms with van der Waals surface area (Å²) in [6, 6.07) is 12.4. The van der Waals surface area contributed by atoms with Crippen molar-refractivity contribution in [2.75, 3.05) is 6.61 Å². The first kappa shape index (κ1) is 15.5. The van der Waals surface area contributed by atoms with E-state index in [1.54, 1.807) is 0 Å². The van der Waals surface area contributed by atoms with E-state index in [0.29, 0.717) is 12.5 Å². The first-order chi connectivity index (χ1) is 11.6. The van der Waals surface area contributed by atoms with Crippen molar-refractivity contribution >= 4 is 22.6 Å². The number of halogens is 1. The zero-order chi connectivity index (χ0) is 16.7. The number of hydrogen-bond donors (Lipinski definition) is 0. The summed E-state index contributed by atoms with van der Waals surface area (Å²) in [4.78, 5) is 4.83. The van der Waals surface area contributed by atoms with Crippen LogP contribution in [-0.2, 0) is 6.54 Å². The molecule has 0 atom stereocenters. The van der Waals surface area contributed by atoms with Gasteiger partial charge in [0, 0.05) is 10.9 Å². The second kappa shape index (κ2) is 6.14. The highest BCUT2D eigenvalue weighted by Gasteiger charge is 2.29. The maximum atomic E-state index is 6.22. The third-order valence-corrected chi connectivity index (χ3v) is 5.22. The molecule has 124 valence electrons. The number of nitrogens with zero attached hydrogens (tertiary/aromatic N) is 2. The van der Waals surface area contributed by atoms with Gasteiger partial charge >= 0.3 is 0 Å².